The first-order valence-corrected chi connectivity index (χ1v) is 5.79. The van der Waals surface area contributed by atoms with Gasteiger partial charge in [-0.25, -0.2) is 0 Å². The Balaban J connectivity index is 1.76. The standard InChI is InChI=1S/C12H21NO4/c1-14-6-7-16-9-8-15-5-3-13-10-12-2-4-17-11-12/h2,4,11,13H,3,5-10H2,1H3. The molecular formula is C12H21NO4. The summed E-state index contributed by atoms with van der Waals surface area (Å²) in [6.07, 6.45) is 3.41. The van der Waals surface area contributed by atoms with Crippen molar-refractivity contribution in [3.05, 3.63) is 24.2 Å². The van der Waals surface area contributed by atoms with E-state index in [1.54, 1.807) is 19.6 Å². The van der Waals surface area contributed by atoms with Crippen LogP contribution in [0.3, 0.4) is 0 Å². The maximum absolute atomic E-state index is 5.38. The van der Waals surface area contributed by atoms with Gasteiger partial charge in [0.25, 0.3) is 0 Å². The highest BCUT2D eigenvalue weighted by molar-refractivity contribution is 5.04. The highest BCUT2D eigenvalue weighted by atomic mass is 16.5. The van der Waals surface area contributed by atoms with Gasteiger partial charge in [-0.3, -0.25) is 0 Å². The summed E-state index contributed by atoms with van der Waals surface area (Å²) in [5.74, 6) is 0. The van der Waals surface area contributed by atoms with Crippen LogP contribution in [0.5, 0.6) is 0 Å². The molecule has 0 aliphatic heterocycles. The van der Waals surface area contributed by atoms with E-state index < -0.39 is 0 Å². The lowest BCUT2D eigenvalue weighted by molar-refractivity contribution is 0.0255. The Hall–Kier alpha value is -0.880. The molecular weight excluding hydrogens is 222 g/mol. The summed E-state index contributed by atoms with van der Waals surface area (Å²) in [6, 6.07) is 1.94. The fourth-order valence-corrected chi connectivity index (χ4v) is 1.23. The summed E-state index contributed by atoms with van der Waals surface area (Å²) in [6.45, 7) is 4.81. The molecule has 0 saturated heterocycles. The van der Waals surface area contributed by atoms with Gasteiger partial charge in [0.15, 0.2) is 0 Å². The number of hydrogen-bond acceptors (Lipinski definition) is 5. The molecule has 98 valence electrons. The molecule has 0 fully saturated rings. The van der Waals surface area contributed by atoms with Crippen LogP contribution in [0.15, 0.2) is 23.0 Å². The van der Waals surface area contributed by atoms with Crippen LogP contribution >= 0.6 is 0 Å². The van der Waals surface area contributed by atoms with Crippen molar-refractivity contribution in [2.45, 2.75) is 6.54 Å². The van der Waals surface area contributed by atoms with Crippen LogP contribution in [-0.4, -0.2) is 46.7 Å². The Labute approximate surface area is 102 Å². The number of hydrogen-bond donors (Lipinski definition) is 1. The molecule has 0 atom stereocenters. The maximum Gasteiger partial charge on any atom is 0.0947 e. The lowest BCUT2D eigenvalue weighted by Crippen LogP contribution is -2.20. The topological polar surface area (TPSA) is 52.9 Å². The average Bonchev–Trinajstić information content (AvgIpc) is 2.85. The minimum absolute atomic E-state index is 0.616. The zero-order valence-corrected chi connectivity index (χ0v) is 10.3. The number of rotatable bonds is 11. The van der Waals surface area contributed by atoms with Gasteiger partial charge < -0.3 is 23.9 Å². The molecule has 1 heterocycles. The van der Waals surface area contributed by atoms with E-state index in [9.17, 15) is 0 Å². The van der Waals surface area contributed by atoms with E-state index in [1.807, 2.05) is 6.07 Å². The van der Waals surface area contributed by atoms with Gasteiger partial charge in [0.05, 0.1) is 45.6 Å². The van der Waals surface area contributed by atoms with E-state index in [4.69, 9.17) is 18.6 Å². The molecule has 1 aromatic heterocycles. The monoisotopic (exact) mass is 243 g/mol. The third-order valence-corrected chi connectivity index (χ3v) is 2.14. The summed E-state index contributed by atoms with van der Waals surface area (Å²) in [5, 5.41) is 3.25. The molecule has 0 aliphatic rings. The van der Waals surface area contributed by atoms with Crippen molar-refractivity contribution in [1.82, 2.24) is 5.32 Å². The zero-order valence-electron chi connectivity index (χ0n) is 10.3. The first-order chi connectivity index (χ1) is 8.43. The molecule has 0 aromatic carbocycles. The second-order valence-electron chi connectivity index (χ2n) is 3.53. The molecule has 0 bridgehead atoms. The molecule has 0 aliphatic carbocycles. The fourth-order valence-electron chi connectivity index (χ4n) is 1.23. The summed E-state index contributed by atoms with van der Waals surface area (Å²) >= 11 is 0. The molecule has 1 N–H and O–H groups in total. The lowest BCUT2D eigenvalue weighted by Gasteiger charge is -2.06. The van der Waals surface area contributed by atoms with Crippen molar-refractivity contribution < 1.29 is 18.6 Å². The molecule has 1 rings (SSSR count). The van der Waals surface area contributed by atoms with Crippen LogP contribution in [0.25, 0.3) is 0 Å². The quantitative estimate of drug-likeness (QED) is 0.589. The van der Waals surface area contributed by atoms with Gasteiger partial charge in [0.1, 0.15) is 0 Å². The van der Waals surface area contributed by atoms with E-state index in [-0.39, 0.29) is 0 Å². The number of methoxy groups -OCH3 is 1. The Morgan fingerprint density at radius 2 is 1.88 bits per heavy atom. The van der Waals surface area contributed by atoms with Crippen molar-refractivity contribution in [2.75, 3.05) is 46.7 Å². The minimum Gasteiger partial charge on any atom is -0.472 e. The van der Waals surface area contributed by atoms with Gasteiger partial charge in [-0.2, -0.15) is 0 Å². The van der Waals surface area contributed by atoms with Crippen LogP contribution in [0.1, 0.15) is 5.56 Å². The first-order valence-electron chi connectivity index (χ1n) is 5.79. The summed E-state index contributed by atoms with van der Waals surface area (Å²) < 4.78 is 20.5. The van der Waals surface area contributed by atoms with E-state index in [0.29, 0.717) is 33.0 Å². The van der Waals surface area contributed by atoms with Crippen molar-refractivity contribution in [3.63, 3.8) is 0 Å². The second kappa shape index (κ2) is 10.3. The van der Waals surface area contributed by atoms with Crippen LogP contribution in [0.4, 0.5) is 0 Å². The van der Waals surface area contributed by atoms with E-state index in [1.165, 1.54) is 0 Å². The third-order valence-electron chi connectivity index (χ3n) is 2.14. The van der Waals surface area contributed by atoms with Crippen LogP contribution < -0.4 is 5.32 Å². The summed E-state index contributed by atoms with van der Waals surface area (Å²) in [4.78, 5) is 0. The largest absolute Gasteiger partial charge is 0.472 e. The normalized spacial score (nSPS) is 10.9. The van der Waals surface area contributed by atoms with E-state index >= 15 is 0 Å². The Bertz CT molecular complexity index is 251. The van der Waals surface area contributed by atoms with Gasteiger partial charge >= 0.3 is 0 Å². The Morgan fingerprint density at radius 3 is 2.59 bits per heavy atom. The van der Waals surface area contributed by atoms with Gasteiger partial charge in [0.2, 0.25) is 0 Å². The van der Waals surface area contributed by atoms with Gasteiger partial charge in [-0.1, -0.05) is 0 Å². The first kappa shape index (κ1) is 14.2. The molecule has 1 aromatic rings. The molecule has 0 saturated carbocycles. The van der Waals surface area contributed by atoms with Crippen LogP contribution in [0, 0.1) is 0 Å². The fraction of sp³-hybridized carbons (Fsp3) is 0.667. The second-order valence-corrected chi connectivity index (χ2v) is 3.53. The number of furan rings is 1. The molecule has 5 nitrogen and oxygen atoms in total. The SMILES string of the molecule is COCCOCCOCCNCc1ccoc1. The molecule has 0 radical (unpaired) electrons. The molecule has 0 spiro atoms. The van der Waals surface area contributed by atoms with E-state index in [0.717, 1.165) is 18.7 Å². The minimum atomic E-state index is 0.616. The van der Waals surface area contributed by atoms with Crippen LogP contribution in [0.2, 0.25) is 0 Å². The summed E-state index contributed by atoms with van der Waals surface area (Å²) in [5.41, 5.74) is 1.15. The predicted molar refractivity (Wildman–Crippen MR) is 63.9 cm³/mol. The van der Waals surface area contributed by atoms with Gasteiger partial charge in [-0.15, -0.1) is 0 Å². The maximum atomic E-state index is 5.38. The highest BCUT2D eigenvalue weighted by Gasteiger charge is 1.93. The average molecular weight is 243 g/mol. The number of ether oxygens (including phenoxy) is 3. The number of nitrogens with one attached hydrogen (secondary N) is 1. The van der Waals surface area contributed by atoms with Gasteiger partial charge in [-0.05, 0) is 6.07 Å². The van der Waals surface area contributed by atoms with Gasteiger partial charge in [0, 0.05) is 25.8 Å². The zero-order chi connectivity index (χ0) is 12.2. The molecule has 0 amide bonds. The van der Waals surface area contributed by atoms with Crippen molar-refractivity contribution >= 4 is 0 Å². The summed E-state index contributed by atoms with van der Waals surface area (Å²) in [7, 11) is 1.66. The molecule has 0 unspecified atom stereocenters. The third kappa shape index (κ3) is 7.93. The van der Waals surface area contributed by atoms with E-state index in [2.05, 4.69) is 5.32 Å². The van der Waals surface area contributed by atoms with Crippen molar-refractivity contribution in [3.8, 4) is 0 Å². The molecule has 17 heavy (non-hydrogen) atoms. The highest BCUT2D eigenvalue weighted by Crippen LogP contribution is 1.97. The van der Waals surface area contributed by atoms with Crippen LogP contribution in [-0.2, 0) is 20.8 Å². The smallest absolute Gasteiger partial charge is 0.0947 e. The Kier molecular flexibility index (Phi) is 8.58. The predicted octanol–water partition coefficient (Wildman–Crippen LogP) is 1.05. The van der Waals surface area contributed by atoms with Crippen molar-refractivity contribution in [2.24, 2.45) is 0 Å². The van der Waals surface area contributed by atoms with Crippen molar-refractivity contribution in [1.29, 1.82) is 0 Å². The Morgan fingerprint density at radius 1 is 1.12 bits per heavy atom. The molecule has 5 heteroatoms. The lowest BCUT2D eigenvalue weighted by atomic mass is 10.3.